The Morgan fingerprint density at radius 1 is 1.58 bits per heavy atom. The van der Waals surface area contributed by atoms with Crippen LogP contribution in [0.15, 0.2) is 11.7 Å². The first-order chi connectivity index (χ1) is 5.63. The lowest BCUT2D eigenvalue weighted by molar-refractivity contribution is 0.129. The predicted octanol–water partition coefficient (Wildman–Crippen LogP) is 1.16. The van der Waals surface area contributed by atoms with E-state index in [1.54, 1.807) is 11.7 Å². The summed E-state index contributed by atoms with van der Waals surface area (Å²) in [4.78, 5) is 4.73. The van der Waals surface area contributed by atoms with Crippen molar-refractivity contribution in [2.24, 2.45) is 11.7 Å². The van der Waals surface area contributed by atoms with Crippen molar-refractivity contribution in [2.45, 2.75) is 26.0 Å². The summed E-state index contributed by atoms with van der Waals surface area (Å²) in [5.74, 6) is 0.280. The molecule has 0 fully saturated rings. The molecule has 1 rings (SSSR count). The van der Waals surface area contributed by atoms with Crippen LogP contribution in [0.3, 0.4) is 0 Å². The zero-order valence-electron chi connectivity index (χ0n) is 7.27. The molecule has 4 heteroatoms. The minimum Gasteiger partial charge on any atom is -0.386 e. The molecule has 0 aliphatic rings. The molecule has 3 nitrogen and oxygen atoms in total. The molecular weight excluding hydrogens is 172 g/mol. The zero-order valence-corrected chi connectivity index (χ0v) is 8.08. The molecule has 12 heavy (non-hydrogen) atoms. The quantitative estimate of drug-likeness (QED) is 0.744. The predicted molar refractivity (Wildman–Crippen MR) is 49.9 cm³/mol. The van der Waals surface area contributed by atoms with Crippen molar-refractivity contribution in [3.8, 4) is 0 Å². The van der Waals surface area contributed by atoms with Crippen LogP contribution in [0.5, 0.6) is 0 Å². The first-order valence-electron chi connectivity index (χ1n) is 3.95. The van der Waals surface area contributed by atoms with Gasteiger partial charge in [-0.3, -0.25) is 4.98 Å². The largest absolute Gasteiger partial charge is 0.386 e. The third-order valence-corrected chi connectivity index (χ3v) is 2.72. The summed E-state index contributed by atoms with van der Waals surface area (Å²) < 4.78 is 0. The Morgan fingerprint density at radius 3 is 2.67 bits per heavy atom. The van der Waals surface area contributed by atoms with Gasteiger partial charge in [0.25, 0.3) is 0 Å². The van der Waals surface area contributed by atoms with Gasteiger partial charge in [0.05, 0.1) is 10.4 Å². The third kappa shape index (κ3) is 2.03. The van der Waals surface area contributed by atoms with Crippen LogP contribution in [0.2, 0.25) is 0 Å². The summed E-state index contributed by atoms with van der Waals surface area (Å²) in [6.07, 6.45) is 1.09. The fraction of sp³-hybridized carbons (Fsp3) is 0.625. The van der Waals surface area contributed by atoms with Crippen LogP contribution in [0.1, 0.15) is 24.8 Å². The van der Waals surface area contributed by atoms with E-state index in [0.29, 0.717) is 0 Å². The Labute approximate surface area is 76.3 Å². The van der Waals surface area contributed by atoms with Crippen LogP contribution < -0.4 is 5.73 Å². The fourth-order valence-corrected chi connectivity index (χ4v) is 1.59. The molecule has 0 bridgehead atoms. The molecule has 2 atom stereocenters. The molecule has 0 saturated carbocycles. The second-order valence-corrected chi connectivity index (χ2v) is 4.09. The van der Waals surface area contributed by atoms with Gasteiger partial charge in [-0.05, 0) is 5.92 Å². The van der Waals surface area contributed by atoms with Gasteiger partial charge in [-0.1, -0.05) is 13.8 Å². The van der Waals surface area contributed by atoms with Gasteiger partial charge >= 0.3 is 0 Å². The van der Waals surface area contributed by atoms with Crippen molar-refractivity contribution in [2.75, 3.05) is 0 Å². The SMILES string of the molecule is CC(C)C(N)C(O)c1cncs1. The van der Waals surface area contributed by atoms with Crippen LogP contribution >= 0.6 is 11.3 Å². The van der Waals surface area contributed by atoms with E-state index in [-0.39, 0.29) is 12.0 Å². The highest BCUT2D eigenvalue weighted by Crippen LogP contribution is 2.22. The van der Waals surface area contributed by atoms with Gasteiger partial charge in [0.2, 0.25) is 0 Å². The molecule has 0 aliphatic carbocycles. The molecule has 1 aromatic rings. The average Bonchev–Trinajstić information content (AvgIpc) is 2.53. The Morgan fingerprint density at radius 2 is 2.25 bits per heavy atom. The fourth-order valence-electron chi connectivity index (χ4n) is 0.926. The van der Waals surface area contributed by atoms with Crippen molar-refractivity contribution < 1.29 is 5.11 Å². The van der Waals surface area contributed by atoms with Crippen molar-refractivity contribution in [1.29, 1.82) is 0 Å². The number of nitrogens with zero attached hydrogens (tertiary/aromatic N) is 1. The molecule has 0 aromatic carbocycles. The maximum absolute atomic E-state index is 9.69. The highest BCUT2D eigenvalue weighted by molar-refractivity contribution is 7.09. The minimum absolute atomic E-state index is 0.203. The molecule has 0 spiro atoms. The monoisotopic (exact) mass is 186 g/mol. The van der Waals surface area contributed by atoms with Crippen LogP contribution in [0.4, 0.5) is 0 Å². The number of aliphatic hydroxyl groups is 1. The van der Waals surface area contributed by atoms with Gasteiger partial charge in [0.1, 0.15) is 6.10 Å². The van der Waals surface area contributed by atoms with Crippen LogP contribution in [0, 0.1) is 5.92 Å². The average molecular weight is 186 g/mol. The Hall–Kier alpha value is -0.450. The lowest BCUT2D eigenvalue weighted by Crippen LogP contribution is -2.33. The van der Waals surface area contributed by atoms with E-state index in [9.17, 15) is 5.11 Å². The van der Waals surface area contributed by atoms with Gasteiger partial charge < -0.3 is 10.8 Å². The van der Waals surface area contributed by atoms with E-state index >= 15 is 0 Å². The molecule has 1 aromatic heterocycles. The zero-order chi connectivity index (χ0) is 9.14. The van der Waals surface area contributed by atoms with E-state index in [2.05, 4.69) is 4.98 Å². The van der Waals surface area contributed by atoms with E-state index in [4.69, 9.17) is 5.73 Å². The first-order valence-corrected chi connectivity index (χ1v) is 4.83. The number of nitrogens with two attached hydrogens (primary N) is 1. The van der Waals surface area contributed by atoms with Crippen LogP contribution in [-0.4, -0.2) is 16.1 Å². The molecule has 0 radical (unpaired) electrons. The van der Waals surface area contributed by atoms with Crippen molar-refractivity contribution in [1.82, 2.24) is 4.98 Å². The van der Waals surface area contributed by atoms with E-state index in [0.717, 1.165) is 4.88 Å². The number of thiazole rings is 1. The van der Waals surface area contributed by atoms with Crippen LogP contribution in [-0.2, 0) is 0 Å². The second kappa shape index (κ2) is 3.98. The topological polar surface area (TPSA) is 59.1 Å². The van der Waals surface area contributed by atoms with E-state index < -0.39 is 6.10 Å². The molecule has 2 unspecified atom stereocenters. The molecule has 0 amide bonds. The number of hydrogen-bond acceptors (Lipinski definition) is 4. The first kappa shape index (κ1) is 9.64. The molecule has 0 aliphatic heterocycles. The number of aromatic nitrogens is 1. The highest BCUT2D eigenvalue weighted by atomic mass is 32.1. The van der Waals surface area contributed by atoms with Gasteiger partial charge in [0.15, 0.2) is 0 Å². The molecular formula is C8H14N2OS. The summed E-state index contributed by atoms with van der Waals surface area (Å²) >= 11 is 1.44. The lowest BCUT2D eigenvalue weighted by atomic mass is 9.99. The standard InChI is InChI=1S/C8H14N2OS/c1-5(2)7(9)8(11)6-3-10-4-12-6/h3-5,7-8,11H,9H2,1-2H3. The normalized spacial score (nSPS) is 16.4. The Kier molecular flexibility index (Phi) is 3.20. The number of rotatable bonds is 3. The third-order valence-electron chi connectivity index (χ3n) is 1.88. The Balaban J connectivity index is 2.65. The molecule has 68 valence electrons. The molecule has 0 saturated heterocycles. The summed E-state index contributed by atoms with van der Waals surface area (Å²) in [5.41, 5.74) is 7.48. The molecule has 1 heterocycles. The smallest absolute Gasteiger partial charge is 0.105 e. The lowest BCUT2D eigenvalue weighted by Gasteiger charge is -2.20. The summed E-state index contributed by atoms with van der Waals surface area (Å²) in [5, 5.41) is 9.69. The van der Waals surface area contributed by atoms with Gasteiger partial charge in [-0.15, -0.1) is 11.3 Å². The minimum atomic E-state index is -0.572. The van der Waals surface area contributed by atoms with Crippen molar-refractivity contribution in [3.63, 3.8) is 0 Å². The Bertz CT molecular complexity index is 223. The van der Waals surface area contributed by atoms with E-state index in [1.807, 2.05) is 13.8 Å². The summed E-state index contributed by atoms with van der Waals surface area (Å²) in [6, 6.07) is -0.203. The maximum Gasteiger partial charge on any atom is 0.105 e. The van der Waals surface area contributed by atoms with Gasteiger partial charge in [-0.25, -0.2) is 0 Å². The molecule has 3 N–H and O–H groups in total. The maximum atomic E-state index is 9.69. The highest BCUT2D eigenvalue weighted by Gasteiger charge is 2.20. The number of hydrogen-bond donors (Lipinski definition) is 2. The second-order valence-electron chi connectivity index (χ2n) is 3.17. The summed E-state index contributed by atoms with van der Waals surface area (Å²) in [7, 11) is 0. The van der Waals surface area contributed by atoms with Crippen molar-refractivity contribution in [3.05, 3.63) is 16.6 Å². The van der Waals surface area contributed by atoms with Gasteiger partial charge in [0, 0.05) is 12.2 Å². The van der Waals surface area contributed by atoms with Crippen LogP contribution in [0.25, 0.3) is 0 Å². The van der Waals surface area contributed by atoms with E-state index in [1.165, 1.54) is 11.3 Å². The van der Waals surface area contributed by atoms with Crippen molar-refractivity contribution >= 4 is 11.3 Å². The summed E-state index contributed by atoms with van der Waals surface area (Å²) in [6.45, 7) is 3.99. The number of aliphatic hydroxyl groups excluding tert-OH is 1. The van der Waals surface area contributed by atoms with Gasteiger partial charge in [-0.2, -0.15) is 0 Å².